The quantitative estimate of drug-likeness (QED) is 0.685. The first-order valence-corrected chi connectivity index (χ1v) is 3.78. The Kier molecular flexibility index (Phi) is 1.95. The molecule has 0 aliphatic heterocycles. The summed E-state index contributed by atoms with van der Waals surface area (Å²) < 4.78 is 17.6. The van der Waals surface area contributed by atoms with Crippen LogP contribution in [-0.4, -0.2) is 10.4 Å². The lowest BCUT2D eigenvalue weighted by molar-refractivity contribution is 0.403. The molecule has 0 unspecified atom stereocenters. The highest BCUT2D eigenvalue weighted by atomic mass is 19.1. The van der Waals surface area contributed by atoms with Crippen molar-refractivity contribution in [2.75, 3.05) is 0 Å². The highest BCUT2D eigenvalue weighted by Gasteiger charge is 2.09. The third-order valence-electron chi connectivity index (χ3n) is 1.73. The van der Waals surface area contributed by atoms with E-state index in [1.165, 1.54) is 24.4 Å². The van der Waals surface area contributed by atoms with Crippen molar-refractivity contribution < 1.29 is 8.91 Å². The molecule has 14 heavy (non-hydrogen) atoms. The van der Waals surface area contributed by atoms with Crippen LogP contribution in [0.25, 0.3) is 11.3 Å². The van der Waals surface area contributed by atoms with Gasteiger partial charge in [-0.1, -0.05) is 0 Å². The van der Waals surface area contributed by atoms with Crippen LogP contribution in [-0.2, 0) is 0 Å². The summed E-state index contributed by atoms with van der Waals surface area (Å²) in [5.41, 5.74) is 0.683. The monoisotopic (exact) mass is 189 g/mol. The van der Waals surface area contributed by atoms with Crippen LogP contribution in [0.3, 0.4) is 0 Å². The van der Waals surface area contributed by atoms with Crippen molar-refractivity contribution in [1.82, 2.24) is 10.4 Å². The molecule has 1 heterocycles. The predicted octanol–water partition coefficient (Wildman–Crippen LogP) is 1.75. The lowest BCUT2D eigenvalue weighted by Gasteiger charge is -1.97. The predicted molar refractivity (Wildman–Crippen MR) is 44.4 cm³/mol. The van der Waals surface area contributed by atoms with Crippen LogP contribution >= 0.6 is 0 Å². The molecule has 1 aromatic carbocycles. The van der Waals surface area contributed by atoms with Crippen molar-refractivity contribution >= 4 is 0 Å². The van der Waals surface area contributed by atoms with Crippen LogP contribution in [0.4, 0.5) is 4.39 Å². The van der Waals surface area contributed by atoms with Crippen LogP contribution < -0.4 is 0 Å². The highest BCUT2D eigenvalue weighted by molar-refractivity contribution is 5.64. The topological polar surface area (TPSA) is 62.7 Å². The summed E-state index contributed by atoms with van der Waals surface area (Å²) in [6.45, 7) is 0. The Labute approximate surface area is 78.6 Å². The zero-order valence-electron chi connectivity index (χ0n) is 6.94. The lowest BCUT2D eigenvalue weighted by atomic mass is 10.1. The van der Waals surface area contributed by atoms with Gasteiger partial charge in [0.15, 0.2) is 5.76 Å². The number of rotatable bonds is 1. The van der Waals surface area contributed by atoms with Gasteiger partial charge in [-0.2, -0.15) is 5.26 Å². The smallest absolute Gasteiger partial charge is 0.188 e. The molecule has 0 saturated carbocycles. The molecule has 4 nitrogen and oxygen atoms in total. The van der Waals surface area contributed by atoms with E-state index in [2.05, 4.69) is 10.4 Å². The summed E-state index contributed by atoms with van der Waals surface area (Å²) >= 11 is 0. The molecule has 0 fully saturated rings. The molecule has 2 rings (SSSR count). The van der Waals surface area contributed by atoms with Gasteiger partial charge in [0.2, 0.25) is 0 Å². The summed E-state index contributed by atoms with van der Waals surface area (Å²) in [6, 6.07) is 5.73. The van der Waals surface area contributed by atoms with Gasteiger partial charge in [0.1, 0.15) is 5.82 Å². The van der Waals surface area contributed by atoms with Crippen LogP contribution in [0, 0.1) is 17.1 Å². The van der Waals surface area contributed by atoms with Gasteiger partial charge in [0, 0.05) is 10.8 Å². The number of benzene rings is 1. The zero-order valence-corrected chi connectivity index (χ0v) is 6.94. The summed E-state index contributed by atoms with van der Waals surface area (Å²) in [4.78, 5) is 0. The van der Waals surface area contributed by atoms with Crippen molar-refractivity contribution in [3.05, 3.63) is 35.8 Å². The van der Waals surface area contributed by atoms with Crippen LogP contribution in [0.2, 0.25) is 0 Å². The molecule has 0 spiro atoms. The van der Waals surface area contributed by atoms with Crippen LogP contribution in [0.15, 0.2) is 28.9 Å². The van der Waals surface area contributed by atoms with Crippen molar-refractivity contribution in [2.45, 2.75) is 0 Å². The van der Waals surface area contributed by atoms with E-state index < -0.39 is 5.82 Å². The van der Waals surface area contributed by atoms with E-state index in [0.29, 0.717) is 11.1 Å². The average Bonchev–Trinajstić information content (AvgIpc) is 2.70. The number of aromatic nitrogens is 2. The van der Waals surface area contributed by atoms with Gasteiger partial charge in [0.05, 0.1) is 17.8 Å². The summed E-state index contributed by atoms with van der Waals surface area (Å²) in [5, 5.41) is 15.5. The maximum Gasteiger partial charge on any atom is 0.188 e. The largest absolute Gasteiger partial charge is 0.337 e. The van der Waals surface area contributed by atoms with Crippen LogP contribution in [0.1, 0.15) is 5.56 Å². The highest BCUT2D eigenvalue weighted by Crippen LogP contribution is 2.22. The van der Waals surface area contributed by atoms with E-state index in [9.17, 15) is 4.39 Å². The Bertz CT molecular complexity index is 487. The van der Waals surface area contributed by atoms with E-state index in [1.54, 1.807) is 0 Å². The van der Waals surface area contributed by atoms with Gasteiger partial charge in [-0.25, -0.2) is 4.39 Å². The molecule has 0 amide bonds. The normalized spacial score (nSPS) is 9.71. The summed E-state index contributed by atoms with van der Waals surface area (Å²) in [5.74, 6) is -0.156. The second-order valence-electron chi connectivity index (χ2n) is 2.58. The fraction of sp³-hybridized carbons (Fsp3) is 0. The summed E-state index contributed by atoms with van der Waals surface area (Å²) in [6.07, 6.45) is 1.33. The Morgan fingerprint density at radius 2 is 2.29 bits per heavy atom. The Hall–Kier alpha value is -2.22. The van der Waals surface area contributed by atoms with Gasteiger partial charge in [-0.3, -0.25) is 0 Å². The van der Waals surface area contributed by atoms with Gasteiger partial charge in [-0.15, -0.1) is 5.10 Å². The number of nitrogens with zero attached hydrogens (tertiary/aromatic N) is 3. The van der Waals surface area contributed by atoms with Gasteiger partial charge in [0.25, 0.3) is 0 Å². The van der Waals surface area contributed by atoms with Gasteiger partial charge < -0.3 is 4.52 Å². The van der Waals surface area contributed by atoms with Gasteiger partial charge >= 0.3 is 0 Å². The molecule has 2 aromatic rings. The molecule has 0 radical (unpaired) electrons. The molecule has 5 heteroatoms. The zero-order chi connectivity index (χ0) is 9.97. The summed E-state index contributed by atoms with van der Waals surface area (Å²) in [7, 11) is 0. The number of hydrogen-bond donors (Lipinski definition) is 0. The first-order valence-electron chi connectivity index (χ1n) is 3.78. The SMILES string of the molecule is N#Cc1ccc(F)cc1-c1cnno1. The molecule has 0 aliphatic carbocycles. The van der Waals surface area contributed by atoms with E-state index in [-0.39, 0.29) is 5.76 Å². The minimum atomic E-state index is -0.435. The first kappa shape index (κ1) is 8.38. The minimum absolute atomic E-state index is 0.279. The molecular formula is C9H4FN3O. The molecule has 0 atom stereocenters. The molecule has 68 valence electrons. The maximum absolute atomic E-state index is 12.9. The minimum Gasteiger partial charge on any atom is -0.337 e. The second-order valence-corrected chi connectivity index (χ2v) is 2.58. The van der Waals surface area contributed by atoms with Crippen LogP contribution in [0.5, 0.6) is 0 Å². The van der Waals surface area contributed by atoms with Crippen molar-refractivity contribution in [2.24, 2.45) is 0 Å². The molecule has 0 N–H and O–H groups in total. The molecular weight excluding hydrogens is 185 g/mol. The molecule has 1 aromatic heterocycles. The molecule has 0 bridgehead atoms. The fourth-order valence-electron chi connectivity index (χ4n) is 1.10. The lowest BCUT2D eigenvalue weighted by Crippen LogP contribution is -1.84. The standard InChI is InChI=1S/C9H4FN3O/c10-7-2-1-6(4-11)8(3-7)9-5-12-13-14-9/h1-3,5H. The first-order chi connectivity index (χ1) is 6.81. The van der Waals surface area contributed by atoms with E-state index in [1.807, 2.05) is 6.07 Å². The third-order valence-corrected chi connectivity index (χ3v) is 1.73. The average molecular weight is 189 g/mol. The van der Waals surface area contributed by atoms with Crippen molar-refractivity contribution in [3.63, 3.8) is 0 Å². The third kappa shape index (κ3) is 1.33. The maximum atomic E-state index is 12.9. The number of hydrogen-bond acceptors (Lipinski definition) is 4. The molecule has 0 aliphatic rings. The number of nitriles is 1. The Balaban J connectivity index is 2.63. The fourth-order valence-corrected chi connectivity index (χ4v) is 1.10. The molecule has 0 saturated heterocycles. The van der Waals surface area contributed by atoms with Crippen molar-refractivity contribution in [3.8, 4) is 17.4 Å². The Morgan fingerprint density at radius 3 is 2.93 bits per heavy atom. The van der Waals surface area contributed by atoms with Gasteiger partial charge in [-0.05, 0) is 18.2 Å². The van der Waals surface area contributed by atoms with E-state index in [0.717, 1.165) is 0 Å². The number of halogens is 1. The van der Waals surface area contributed by atoms with E-state index >= 15 is 0 Å². The van der Waals surface area contributed by atoms with Crippen molar-refractivity contribution in [1.29, 1.82) is 5.26 Å². The second kappa shape index (κ2) is 3.26. The Morgan fingerprint density at radius 1 is 1.43 bits per heavy atom. The van der Waals surface area contributed by atoms with E-state index in [4.69, 9.17) is 9.78 Å².